The third-order valence-corrected chi connectivity index (χ3v) is 7.57. The number of likely N-dealkylation sites (tertiary alicyclic amines) is 1. The van der Waals surface area contributed by atoms with Crippen molar-refractivity contribution in [3.63, 3.8) is 0 Å². The molecule has 1 saturated carbocycles. The molecule has 3 N–H and O–H groups in total. The molecule has 1 aliphatic carbocycles. The van der Waals surface area contributed by atoms with Crippen LogP contribution in [0.4, 0.5) is 0 Å². The Labute approximate surface area is 196 Å². The summed E-state index contributed by atoms with van der Waals surface area (Å²) in [5.41, 5.74) is -0.861. The number of aliphatic hydroxyl groups is 2. The minimum absolute atomic E-state index is 0.0548. The molecule has 32 heavy (non-hydrogen) atoms. The SMILES string of the molecule is CC(C)[C@@H](NC(=O)C[C@H]1CC[C@@H](O)C1)C(=O)N1CC[C@](O)(c2ccc(Cl)cc2)C(C)(C)C1. The molecule has 3 rings (SSSR count). The minimum Gasteiger partial charge on any atom is -0.393 e. The summed E-state index contributed by atoms with van der Waals surface area (Å²) in [6, 6.07) is 6.63. The van der Waals surface area contributed by atoms with Gasteiger partial charge in [0.2, 0.25) is 11.8 Å². The first-order valence-corrected chi connectivity index (χ1v) is 12.1. The summed E-state index contributed by atoms with van der Waals surface area (Å²) < 4.78 is 0. The number of piperidine rings is 1. The maximum absolute atomic E-state index is 13.4. The van der Waals surface area contributed by atoms with E-state index in [4.69, 9.17) is 11.6 Å². The van der Waals surface area contributed by atoms with E-state index in [0.717, 1.165) is 18.4 Å². The number of carbonyl (C=O) groups is 2. The van der Waals surface area contributed by atoms with Gasteiger partial charge in [-0.1, -0.05) is 51.4 Å². The Hall–Kier alpha value is -1.63. The van der Waals surface area contributed by atoms with Crippen LogP contribution in [0.15, 0.2) is 24.3 Å². The highest BCUT2D eigenvalue weighted by atomic mass is 35.5. The normalized spacial score (nSPS) is 28.6. The van der Waals surface area contributed by atoms with E-state index in [1.54, 1.807) is 17.0 Å². The van der Waals surface area contributed by atoms with Gasteiger partial charge in [0, 0.05) is 29.9 Å². The maximum Gasteiger partial charge on any atom is 0.245 e. The summed E-state index contributed by atoms with van der Waals surface area (Å²) in [6.45, 7) is 8.60. The van der Waals surface area contributed by atoms with Crippen LogP contribution in [0.1, 0.15) is 65.4 Å². The number of amides is 2. The van der Waals surface area contributed by atoms with Crippen LogP contribution in [0.5, 0.6) is 0 Å². The molecule has 1 aromatic carbocycles. The predicted octanol–water partition coefficient (Wildman–Crippen LogP) is 3.48. The first-order chi connectivity index (χ1) is 14.9. The molecular weight excluding hydrogens is 428 g/mol. The Morgan fingerprint density at radius 3 is 2.41 bits per heavy atom. The Kier molecular flexibility index (Phi) is 7.58. The largest absolute Gasteiger partial charge is 0.393 e. The molecule has 0 spiro atoms. The van der Waals surface area contributed by atoms with E-state index in [9.17, 15) is 19.8 Å². The van der Waals surface area contributed by atoms with Gasteiger partial charge in [-0.3, -0.25) is 9.59 Å². The van der Waals surface area contributed by atoms with Crippen molar-refractivity contribution in [1.82, 2.24) is 10.2 Å². The fraction of sp³-hybridized carbons (Fsp3) is 0.680. The number of rotatable bonds is 6. The number of benzene rings is 1. The summed E-state index contributed by atoms with van der Waals surface area (Å²) in [5.74, 6) is -0.117. The molecule has 1 heterocycles. The molecule has 7 heteroatoms. The van der Waals surface area contributed by atoms with E-state index in [-0.39, 0.29) is 29.8 Å². The smallest absolute Gasteiger partial charge is 0.245 e. The van der Waals surface area contributed by atoms with Crippen LogP contribution in [0.2, 0.25) is 5.02 Å². The second-order valence-electron chi connectivity index (χ2n) is 10.6. The molecule has 178 valence electrons. The standard InChI is InChI=1S/C25H37ClN2O4/c1-16(2)22(27-21(30)14-17-5-10-20(29)13-17)23(31)28-12-11-25(32,24(3,4)15-28)18-6-8-19(26)9-7-18/h6-9,16-17,20,22,29,32H,5,10-15H2,1-4H3,(H,27,30)/t17-,20+,22+,25-/m0/s1. The molecule has 0 bridgehead atoms. The lowest BCUT2D eigenvalue weighted by molar-refractivity contribution is -0.156. The highest BCUT2D eigenvalue weighted by molar-refractivity contribution is 6.30. The average molecular weight is 465 g/mol. The van der Waals surface area contributed by atoms with Crippen molar-refractivity contribution in [1.29, 1.82) is 0 Å². The molecule has 0 aromatic heterocycles. The van der Waals surface area contributed by atoms with Gasteiger partial charge in [-0.05, 0) is 55.2 Å². The highest BCUT2D eigenvalue weighted by Gasteiger charge is 2.50. The quantitative estimate of drug-likeness (QED) is 0.601. The first kappa shape index (κ1) is 25.0. The number of carbonyl (C=O) groups excluding carboxylic acids is 2. The van der Waals surface area contributed by atoms with Gasteiger partial charge < -0.3 is 20.4 Å². The van der Waals surface area contributed by atoms with Crippen molar-refractivity contribution in [2.75, 3.05) is 13.1 Å². The third kappa shape index (κ3) is 5.29. The van der Waals surface area contributed by atoms with Gasteiger partial charge in [0.25, 0.3) is 0 Å². The molecule has 2 aliphatic rings. The molecule has 0 radical (unpaired) electrons. The van der Waals surface area contributed by atoms with Gasteiger partial charge in [0.05, 0.1) is 11.7 Å². The number of hydrogen-bond donors (Lipinski definition) is 3. The first-order valence-electron chi connectivity index (χ1n) is 11.7. The number of hydrogen-bond acceptors (Lipinski definition) is 4. The number of nitrogens with one attached hydrogen (secondary N) is 1. The van der Waals surface area contributed by atoms with E-state index in [2.05, 4.69) is 5.32 Å². The Morgan fingerprint density at radius 1 is 1.22 bits per heavy atom. The van der Waals surface area contributed by atoms with Crippen LogP contribution in [0.3, 0.4) is 0 Å². The zero-order valence-corrected chi connectivity index (χ0v) is 20.4. The average Bonchev–Trinajstić information content (AvgIpc) is 3.12. The van der Waals surface area contributed by atoms with Crippen molar-refractivity contribution < 1.29 is 19.8 Å². The summed E-state index contributed by atoms with van der Waals surface area (Å²) in [6.07, 6.45) is 2.67. The molecule has 1 aromatic rings. The van der Waals surface area contributed by atoms with Crippen LogP contribution in [-0.4, -0.2) is 52.2 Å². The number of halogens is 1. The lowest BCUT2D eigenvalue weighted by Crippen LogP contribution is -2.60. The molecular formula is C25H37ClN2O4. The lowest BCUT2D eigenvalue weighted by atomic mass is 9.66. The van der Waals surface area contributed by atoms with Crippen molar-refractivity contribution >= 4 is 23.4 Å². The summed E-state index contributed by atoms with van der Waals surface area (Å²) >= 11 is 6.02. The predicted molar refractivity (Wildman–Crippen MR) is 125 cm³/mol. The van der Waals surface area contributed by atoms with Crippen LogP contribution < -0.4 is 5.32 Å². The van der Waals surface area contributed by atoms with Gasteiger partial charge >= 0.3 is 0 Å². The molecule has 4 atom stereocenters. The van der Waals surface area contributed by atoms with Gasteiger partial charge in [-0.15, -0.1) is 0 Å². The fourth-order valence-corrected chi connectivity index (χ4v) is 5.34. The second-order valence-corrected chi connectivity index (χ2v) is 11.0. The van der Waals surface area contributed by atoms with Crippen LogP contribution >= 0.6 is 11.6 Å². The molecule has 1 saturated heterocycles. The monoisotopic (exact) mass is 464 g/mol. The summed E-state index contributed by atoms with van der Waals surface area (Å²) in [5, 5.41) is 24.8. The van der Waals surface area contributed by atoms with Crippen molar-refractivity contribution in [2.45, 2.75) is 77.5 Å². The van der Waals surface area contributed by atoms with E-state index in [0.29, 0.717) is 37.4 Å². The highest BCUT2D eigenvalue weighted by Crippen LogP contribution is 2.46. The Balaban J connectivity index is 1.67. The topological polar surface area (TPSA) is 89.9 Å². The van der Waals surface area contributed by atoms with Crippen LogP contribution in [-0.2, 0) is 15.2 Å². The second kappa shape index (κ2) is 9.70. The molecule has 2 amide bonds. The molecule has 6 nitrogen and oxygen atoms in total. The van der Waals surface area contributed by atoms with Gasteiger partial charge in [0.15, 0.2) is 0 Å². The Bertz CT molecular complexity index is 826. The molecule has 2 fully saturated rings. The Morgan fingerprint density at radius 2 is 1.88 bits per heavy atom. The minimum atomic E-state index is -1.08. The van der Waals surface area contributed by atoms with Crippen LogP contribution in [0, 0.1) is 17.3 Å². The van der Waals surface area contributed by atoms with E-state index in [1.165, 1.54) is 0 Å². The van der Waals surface area contributed by atoms with Crippen molar-refractivity contribution in [3.05, 3.63) is 34.9 Å². The third-order valence-electron chi connectivity index (χ3n) is 7.32. The van der Waals surface area contributed by atoms with Crippen molar-refractivity contribution in [3.8, 4) is 0 Å². The van der Waals surface area contributed by atoms with E-state index >= 15 is 0 Å². The van der Waals surface area contributed by atoms with Gasteiger partial charge in [-0.25, -0.2) is 0 Å². The zero-order valence-electron chi connectivity index (χ0n) is 19.6. The molecule has 1 aliphatic heterocycles. The lowest BCUT2D eigenvalue weighted by Gasteiger charge is -2.51. The van der Waals surface area contributed by atoms with E-state index in [1.807, 2.05) is 39.8 Å². The number of aliphatic hydroxyl groups excluding tert-OH is 1. The van der Waals surface area contributed by atoms with Gasteiger partial charge in [-0.2, -0.15) is 0 Å². The van der Waals surface area contributed by atoms with E-state index < -0.39 is 17.1 Å². The summed E-state index contributed by atoms with van der Waals surface area (Å²) in [4.78, 5) is 27.8. The summed E-state index contributed by atoms with van der Waals surface area (Å²) in [7, 11) is 0. The molecule has 0 unspecified atom stereocenters. The fourth-order valence-electron chi connectivity index (χ4n) is 5.21. The van der Waals surface area contributed by atoms with Crippen LogP contribution in [0.25, 0.3) is 0 Å². The number of nitrogens with zero attached hydrogens (tertiary/aromatic N) is 1. The maximum atomic E-state index is 13.4. The van der Waals surface area contributed by atoms with Gasteiger partial charge in [0.1, 0.15) is 6.04 Å². The zero-order chi connectivity index (χ0) is 23.7. The van der Waals surface area contributed by atoms with Crippen molar-refractivity contribution in [2.24, 2.45) is 17.3 Å².